The van der Waals surface area contributed by atoms with Crippen LogP contribution in [0.15, 0.2) is 42.7 Å². The third kappa shape index (κ3) is 2.46. The summed E-state index contributed by atoms with van der Waals surface area (Å²) in [6, 6.07) is 10.9. The second-order valence-electron chi connectivity index (χ2n) is 6.04. The number of aromatic amines is 1. The first kappa shape index (κ1) is 13.3. The van der Waals surface area contributed by atoms with Crippen LogP contribution >= 0.6 is 0 Å². The standard InChI is InChI=1S/C18H20N4/c19-17-11-21-18-16(17)9-15(10-20-18)14-5-3-13(4-6-14)12-22-7-1-2-8-22/h3-6,9-11H,1-2,7-8,12,19H2,(H,20,21). The molecule has 22 heavy (non-hydrogen) atoms. The fourth-order valence-corrected chi connectivity index (χ4v) is 3.18. The van der Waals surface area contributed by atoms with E-state index in [4.69, 9.17) is 5.73 Å². The molecule has 1 saturated heterocycles. The Labute approximate surface area is 130 Å². The molecule has 4 nitrogen and oxygen atoms in total. The largest absolute Gasteiger partial charge is 0.397 e. The van der Waals surface area contributed by atoms with E-state index in [0.717, 1.165) is 28.8 Å². The Bertz CT molecular complexity index is 782. The van der Waals surface area contributed by atoms with Gasteiger partial charge in [0, 0.05) is 29.9 Å². The summed E-state index contributed by atoms with van der Waals surface area (Å²) in [6.07, 6.45) is 6.36. The number of fused-ring (bicyclic) bond motifs is 1. The van der Waals surface area contributed by atoms with Gasteiger partial charge in [0.25, 0.3) is 0 Å². The van der Waals surface area contributed by atoms with Crippen molar-refractivity contribution in [2.24, 2.45) is 0 Å². The van der Waals surface area contributed by atoms with Crippen molar-refractivity contribution in [3.63, 3.8) is 0 Å². The van der Waals surface area contributed by atoms with Crippen LogP contribution in [0.2, 0.25) is 0 Å². The highest BCUT2D eigenvalue weighted by Gasteiger charge is 2.11. The Morgan fingerprint density at radius 2 is 1.86 bits per heavy atom. The molecule has 0 spiro atoms. The van der Waals surface area contributed by atoms with Gasteiger partial charge in [-0.2, -0.15) is 0 Å². The average Bonchev–Trinajstić information content (AvgIpc) is 3.18. The maximum Gasteiger partial charge on any atom is 0.139 e. The lowest BCUT2D eigenvalue weighted by Crippen LogP contribution is -2.18. The van der Waals surface area contributed by atoms with Crippen LogP contribution in [0, 0.1) is 0 Å². The molecule has 0 unspecified atom stereocenters. The predicted molar refractivity (Wildman–Crippen MR) is 90.5 cm³/mol. The Morgan fingerprint density at radius 1 is 1.09 bits per heavy atom. The number of H-pyrrole nitrogens is 1. The zero-order valence-electron chi connectivity index (χ0n) is 12.5. The summed E-state index contributed by atoms with van der Waals surface area (Å²) in [7, 11) is 0. The molecule has 0 amide bonds. The van der Waals surface area contributed by atoms with Crippen molar-refractivity contribution in [2.45, 2.75) is 19.4 Å². The Kier molecular flexibility index (Phi) is 3.31. The van der Waals surface area contributed by atoms with Gasteiger partial charge in [0.15, 0.2) is 0 Å². The first-order valence-electron chi connectivity index (χ1n) is 7.84. The lowest BCUT2D eigenvalue weighted by molar-refractivity contribution is 0.331. The zero-order chi connectivity index (χ0) is 14.9. The van der Waals surface area contributed by atoms with E-state index in [0.29, 0.717) is 0 Å². The summed E-state index contributed by atoms with van der Waals surface area (Å²) in [4.78, 5) is 10.0. The molecule has 1 aromatic carbocycles. The first-order valence-corrected chi connectivity index (χ1v) is 7.84. The van der Waals surface area contributed by atoms with Crippen molar-refractivity contribution in [3.05, 3.63) is 48.3 Å². The normalized spacial score (nSPS) is 15.6. The number of nitrogen functional groups attached to an aromatic ring is 1. The molecule has 3 heterocycles. The molecule has 0 saturated carbocycles. The lowest BCUT2D eigenvalue weighted by Gasteiger charge is -2.14. The molecule has 1 aliphatic rings. The van der Waals surface area contributed by atoms with Gasteiger partial charge in [-0.1, -0.05) is 24.3 Å². The van der Waals surface area contributed by atoms with E-state index >= 15 is 0 Å². The molecule has 4 heteroatoms. The number of pyridine rings is 1. The highest BCUT2D eigenvalue weighted by atomic mass is 15.1. The van der Waals surface area contributed by atoms with E-state index in [1.165, 1.54) is 37.1 Å². The summed E-state index contributed by atoms with van der Waals surface area (Å²) in [5, 5.41) is 0.985. The number of benzene rings is 1. The fourth-order valence-electron chi connectivity index (χ4n) is 3.18. The fraction of sp³-hybridized carbons (Fsp3) is 0.278. The van der Waals surface area contributed by atoms with E-state index in [9.17, 15) is 0 Å². The SMILES string of the molecule is Nc1c[nH]c2ncc(-c3ccc(CN4CCCC4)cc3)cc12. The number of hydrogen-bond acceptors (Lipinski definition) is 3. The molecule has 2 aromatic heterocycles. The van der Waals surface area contributed by atoms with Crippen LogP contribution in [0.5, 0.6) is 0 Å². The third-order valence-corrected chi connectivity index (χ3v) is 4.46. The average molecular weight is 292 g/mol. The minimum atomic E-state index is 0.745. The van der Waals surface area contributed by atoms with Gasteiger partial charge in [0.05, 0.1) is 5.69 Å². The Morgan fingerprint density at radius 3 is 2.64 bits per heavy atom. The number of likely N-dealkylation sites (tertiary alicyclic amines) is 1. The second-order valence-corrected chi connectivity index (χ2v) is 6.04. The predicted octanol–water partition coefficient (Wildman–Crippen LogP) is 3.41. The molecule has 0 atom stereocenters. The Balaban J connectivity index is 1.59. The van der Waals surface area contributed by atoms with Crippen LogP contribution in [-0.2, 0) is 6.54 Å². The highest BCUT2D eigenvalue weighted by Crippen LogP contribution is 2.26. The Hall–Kier alpha value is -2.33. The van der Waals surface area contributed by atoms with Crippen LogP contribution in [0.1, 0.15) is 18.4 Å². The van der Waals surface area contributed by atoms with Crippen LogP contribution in [0.25, 0.3) is 22.2 Å². The number of anilines is 1. The van der Waals surface area contributed by atoms with Gasteiger partial charge in [-0.3, -0.25) is 4.90 Å². The van der Waals surface area contributed by atoms with E-state index in [2.05, 4.69) is 45.2 Å². The quantitative estimate of drug-likeness (QED) is 0.778. The van der Waals surface area contributed by atoms with Gasteiger partial charge in [-0.05, 0) is 43.1 Å². The van der Waals surface area contributed by atoms with Crippen molar-refractivity contribution < 1.29 is 0 Å². The van der Waals surface area contributed by atoms with Gasteiger partial charge in [0.1, 0.15) is 5.65 Å². The van der Waals surface area contributed by atoms with Crippen molar-refractivity contribution >= 4 is 16.7 Å². The summed E-state index contributed by atoms with van der Waals surface area (Å²) in [5.74, 6) is 0. The first-order chi connectivity index (χ1) is 10.8. The molecular weight excluding hydrogens is 272 g/mol. The third-order valence-electron chi connectivity index (χ3n) is 4.46. The van der Waals surface area contributed by atoms with Gasteiger partial charge < -0.3 is 10.7 Å². The summed E-state index contributed by atoms with van der Waals surface area (Å²) >= 11 is 0. The molecule has 4 rings (SSSR count). The van der Waals surface area contributed by atoms with Crippen LogP contribution < -0.4 is 5.73 Å². The van der Waals surface area contributed by atoms with E-state index in [-0.39, 0.29) is 0 Å². The maximum absolute atomic E-state index is 5.96. The molecule has 1 fully saturated rings. The number of hydrogen-bond donors (Lipinski definition) is 2. The number of rotatable bonds is 3. The van der Waals surface area contributed by atoms with Gasteiger partial charge in [0.2, 0.25) is 0 Å². The monoisotopic (exact) mass is 292 g/mol. The molecule has 0 aliphatic carbocycles. The van der Waals surface area contributed by atoms with Crippen LogP contribution in [0.4, 0.5) is 5.69 Å². The van der Waals surface area contributed by atoms with Crippen molar-refractivity contribution in [2.75, 3.05) is 18.8 Å². The molecular formula is C18H20N4. The summed E-state index contributed by atoms with van der Waals surface area (Å²) < 4.78 is 0. The number of nitrogens with one attached hydrogen (secondary N) is 1. The maximum atomic E-state index is 5.96. The molecule has 3 N–H and O–H groups in total. The van der Waals surface area contributed by atoms with Crippen LogP contribution in [0.3, 0.4) is 0 Å². The molecule has 0 radical (unpaired) electrons. The number of aromatic nitrogens is 2. The minimum absolute atomic E-state index is 0.745. The second kappa shape index (κ2) is 5.46. The molecule has 3 aromatic rings. The zero-order valence-corrected chi connectivity index (χ0v) is 12.5. The van der Waals surface area contributed by atoms with E-state index in [1.54, 1.807) is 6.20 Å². The summed E-state index contributed by atoms with van der Waals surface area (Å²) in [5.41, 5.74) is 11.2. The highest BCUT2D eigenvalue weighted by molar-refractivity contribution is 5.91. The number of nitrogens with two attached hydrogens (primary N) is 1. The van der Waals surface area contributed by atoms with Crippen molar-refractivity contribution in [1.29, 1.82) is 0 Å². The minimum Gasteiger partial charge on any atom is -0.397 e. The van der Waals surface area contributed by atoms with Crippen molar-refractivity contribution in [1.82, 2.24) is 14.9 Å². The number of nitrogens with zero attached hydrogens (tertiary/aromatic N) is 2. The molecule has 112 valence electrons. The van der Waals surface area contributed by atoms with Crippen LogP contribution in [-0.4, -0.2) is 28.0 Å². The molecule has 0 bridgehead atoms. The van der Waals surface area contributed by atoms with E-state index in [1.807, 2.05) is 6.20 Å². The van der Waals surface area contributed by atoms with E-state index < -0.39 is 0 Å². The lowest BCUT2D eigenvalue weighted by atomic mass is 10.0. The summed E-state index contributed by atoms with van der Waals surface area (Å²) in [6.45, 7) is 3.52. The van der Waals surface area contributed by atoms with Crippen molar-refractivity contribution in [3.8, 4) is 11.1 Å². The smallest absolute Gasteiger partial charge is 0.139 e. The van der Waals surface area contributed by atoms with Gasteiger partial charge >= 0.3 is 0 Å². The van der Waals surface area contributed by atoms with Gasteiger partial charge in [-0.25, -0.2) is 4.98 Å². The molecule has 1 aliphatic heterocycles. The topological polar surface area (TPSA) is 57.9 Å². The van der Waals surface area contributed by atoms with Gasteiger partial charge in [-0.15, -0.1) is 0 Å².